The first-order valence-electron chi connectivity index (χ1n) is 6.65. The van der Waals surface area contributed by atoms with Crippen LogP contribution in [0.4, 0.5) is 5.69 Å². The van der Waals surface area contributed by atoms with Crippen molar-refractivity contribution in [3.63, 3.8) is 0 Å². The smallest absolute Gasteiger partial charge is 0.239 e. The van der Waals surface area contributed by atoms with Gasteiger partial charge >= 0.3 is 0 Å². The largest absolute Gasteiger partial charge is 0.325 e. The van der Waals surface area contributed by atoms with Gasteiger partial charge in [0.05, 0.1) is 5.75 Å². The molecule has 0 aliphatic heterocycles. The Bertz CT molecular complexity index is 770. The average molecular weight is 338 g/mol. The molecule has 0 saturated heterocycles. The van der Waals surface area contributed by atoms with Crippen molar-refractivity contribution in [2.45, 2.75) is 12.7 Å². The molecule has 2 aromatic carbocycles. The lowest BCUT2D eigenvalue weighted by atomic mass is 10.2. The molecule has 0 aliphatic rings. The molecule has 0 spiro atoms. The van der Waals surface area contributed by atoms with Gasteiger partial charge < -0.3 is 5.32 Å². The molecular weight excluding hydrogens is 322 g/mol. The Morgan fingerprint density at radius 3 is 2.45 bits per heavy atom. The van der Waals surface area contributed by atoms with Crippen LogP contribution in [-0.2, 0) is 20.4 Å². The standard InChI is InChI=1S/C16H16ClNO3S/c1-12-5-7-15(8-6-12)18-16(19)11-22(20,21)10-13-3-2-4-14(17)9-13/h2-9H,10-11H2,1H3,(H,18,19). The van der Waals surface area contributed by atoms with Crippen LogP contribution in [0.1, 0.15) is 11.1 Å². The molecule has 2 aromatic rings. The quantitative estimate of drug-likeness (QED) is 0.911. The number of sulfone groups is 1. The summed E-state index contributed by atoms with van der Waals surface area (Å²) in [5.41, 5.74) is 2.20. The summed E-state index contributed by atoms with van der Waals surface area (Å²) in [6.45, 7) is 1.93. The first-order valence-corrected chi connectivity index (χ1v) is 8.85. The lowest BCUT2D eigenvalue weighted by Gasteiger charge is -2.07. The number of benzene rings is 2. The summed E-state index contributed by atoms with van der Waals surface area (Å²) in [6, 6.07) is 13.7. The van der Waals surface area contributed by atoms with Crippen LogP contribution in [0.25, 0.3) is 0 Å². The molecule has 4 nitrogen and oxygen atoms in total. The molecular formula is C16H16ClNO3S. The molecule has 1 N–H and O–H groups in total. The van der Waals surface area contributed by atoms with Crippen LogP contribution in [0.15, 0.2) is 48.5 Å². The molecule has 0 unspecified atom stereocenters. The van der Waals surface area contributed by atoms with Crippen molar-refractivity contribution in [1.29, 1.82) is 0 Å². The van der Waals surface area contributed by atoms with Gasteiger partial charge in [-0.2, -0.15) is 0 Å². The van der Waals surface area contributed by atoms with Gasteiger partial charge in [0, 0.05) is 10.7 Å². The second kappa shape index (κ2) is 6.94. The van der Waals surface area contributed by atoms with E-state index in [-0.39, 0.29) is 5.75 Å². The van der Waals surface area contributed by atoms with E-state index in [9.17, 15) is 13.2 Å². The number of hydrogen-bond acceptors (Lipinski definition) is 3. The van der Waals surface area contributed by atoms with Crippen molar-refractivity contribution in [1.82, 2.24) is 0 Å². The molecule has 0 atom stereocenters. The summed E-state index contributed by atoms with van der Waals surface area (Å²) in [6.07, 6.45) is 0. The Labute approximate surface area is 135 Å². The first-order chi connectivity index (χ1) is 10.3. The Morgan fingerprint density at radius 2 is 1.82 bits per heavy atom. The van der Waals surface area contributed by atoms with Crippen molar-refractivity contribution < 1.29 is 13.2 Å². The van der Waals surface area contributed by atoms with Gasteiger partial charge in [0.25, 0.3) is 0 Å². The highest BCUT2D eigenvalue weighted by Gasteiger charge is 2.17. The third-order valence-electron chi connectivity index (χ3n) is 2.96. The number of halogens is 1. The highest BCUT2D eigenvalue weighted by Crippen LogP contribution is 2.14. The minimum atomic E-state index is -3.55. The summed E-state index contributed by atoms with van der Waals surface area (Å²) < 4.78 is 24.1. The van der Waals surface area contributed by atoms with Crippen LogP contribution in [0.2, 0.25) is 5.02 Å². The number of nitrogens with one attached hydrogen (secondary N) is 1. The number of carbonyl (C=O) groups is 1. The number of anilines is 1. The SMILES string of the molecule is Cc1ccc(NC(=O)CS(=O)(=O)Cc2cccc(Cl)c2)cc1. The molecule has 0 bridgehead atoms. The Kier molecular flexibility index (Phi) is 5.21. The van der Waals surface area contributed by atoms with Crippen molar-refractivity contribution >= 4 is 33.0 Å². The van der Waals surface area contributed by atoms with Crippen LogP contribution in [-0.4, -0.2) is 20.1 Å². The predicted molar refractivity (Wildman–Crippen MR) is 88.8 cm³/mol. The third kappa shape index (κ3) is 5.16. The monoisotopic (exact) mass is 337 g/mol. The molecule has 0 heterocycles. The number of rotatable bonds is 5. The number of carbonyl (C=O) groups excluding carboxylic acids is 1. The fourth-order valence-electron chi connectivity index (χ4n) is 1.97. The fourth-order valence-corrected chi connectivity index (χ4v) is 3.44. The maximum atomic E-state index is 12.1. The second-order valence-electron chi connectivity index (χ2n) is 5.08. The Balaban J connectivity index is 1.99. The van der Waals surface area contributed by atoms with Crippen molar-refractivity contribution in [2.24, 2.45) is 0 Å². The topological polar surface area (TPSA) is 63.2 Å². The minimum Gasteiger partial charge on any atom is -0.325 e. The zero-order chi connectivity index (χ0) is 16.2. The Hall–Kier alpha value is -1.85. The first kappa shape index (κ1) is 16.5. The van der Waals surface area contributed by atoms with E-state index in [0.717, 1.165) is 5.56 Å². The molecule has 0 radical (unpaired) electrons. The molecule has 1 amide bonds. The van der Waals surface area contributed by atoms with Gasteiger partial charge in [-0.1, -0.05) is 41.4 Å². The van der Waals surface area contributed by atoms with E-state index >= 15 is 0 Å². The predicted octanol–water partition coefficient (Wildman–Crippen LogP) is 3.20. The van der Waals surface area contributed by atoms with Crippen LogP contribution >= 0.6 is 11.6 Å². The fraction of sp³-hybridized carbons (Fsp3) is 0.188. The van der Waals surface area contributed by atoms with E-state index in [1.54, 1.807) is 36.4 Å². The van der Waals surface area contributed by atoms with Gasteiger partial charge in [0.15, 0.2) is 9.84 Å². The maximum absolute atomic E-state index is 12.1. The van der Waals surface area contributed by atoms with Gasteiger partial charge in [0.2, 0.25) is 5.91 Å². The van der Waals surface area contributed by atoms with E-state index in [2.05, 4.69) is 5.32 Å². The minimum absolute atomic E-state index is 0.213. The lowest BCUT2D eigenvalue weighted by Crippen LogP contribution is -2.23. The summed E-state index contributed by atoms with van der Waals surface area (Å²) in [5.74, 6) is -1.33. The zero-order valence-electron chi connectivity index (χ0n) is 12.0. The van der Waals surface area contributed by atoms with Crippen LogP contribution in [0, 0.1) is 6.92 Å². The van der Waals surface area contributed by atoms with Gasteiger partial charge in [-0.25, -0.2) is 8.42 Å². The molecule has 2 rings (SSSR count). The summed E-state index contributed by atoms with van der Waals surface area (Å²) in [7, 11) is -3.55. The molecule has 22 heavy (non-hydrogen) atoms. The maximum Gasteiger partial charge on any atom is 0.239 e. The summed E-state index contributed by atoms with van der Waals surface area (Å²) in [4.78, 5) is 11.9. The number of hydrogen-bond donors (Lipinski definition) is 1. The number of aryl methyl sites for hydroxylation is 1. The van der Waals surface area contributed by atoms with E-state index in [1.165, 1.54) is 0 Å². The van der Waals surface area contributed by atoms with E-state index in [1.807, 2.05) is 19.1 Å². The zero-order valence-corrected chi connectivity index (χ0v) is 13.6. The van der Waals surface area contributed by atoms with Crippen LogP contribution in [0.3, 0.4) is 0 Å². The highest BCUT2D eigenvalue weighted by molar-refractivity contribution is 7.91. The third-order valence-corrected chi connectivity index (χ3v) is 4.67. The summed E-state index contributed by atoms with van der Waals surface area (Å²) >= 11 is 5.83. The molecule has 0 aromatic heterocycles. The molecule has 6 heteroatoms. The Morgan fingerprint density at radius 1 is 1.14 bits per heavy atom. The van der Waals surface area contributed by atoms with Gasteiger partial charge in [0.1, 0.15) is 5.75 Å². The highest BCUT2D eigenvalue weighted by atomic mass is 35.5. The van der Waals surface area contributed by atoms with Gasteiger partial charge in [-0.05, 0) is 36.8 Å². The lowest BCUT2D eigenvalue weighted by molar-refractivity contribution is -0.113. The van der Waals surface area contributed by atoms with Gasteiger partial charge in [-0.3, -0.25) is 4.79 Å². The van der Waals surface area contributed by atoms with Crippen LogP contribution < -0.4 is 5.32 Å². The molecule has 0 saturated carbocycles. The van der Waals surface area contributed by atoms with Gasteiger partial charge in [-0.15, -0.1) is 0 Å². The molecule has 0 fully saturated rings. The second-order valence-corrected chi connectivity index (χ2v) is 7.58. The van der Waals surface area contributed by atoms with E-state index in [0.29, 0.717) is 16.3 Å². The van der Waals surface area contributed by atoms with Crippen molar-refractivity contribution in [3.8, 4) is 0 Å². The van der Waals surface area contributed by atoms with E-state index in [4.69, 9.17) is 11.6 Å². The number of amides is 1. The van der Waals surface area contributed by atoms with Crippen molar-refractivity contribution in [2.75, 3.05) is 11.1 Å². The average Bonchev–Trinajstić information content (AvgIpc) is 2.40. The normalized spacial score (nSPS) is 11.2. The van der Waals surface area contributed by atoms with Crippen molar-refractivity contribution in [3.05, 3.63) is 64.7 Å². The molecule has 0 aliphatic carbocycles. The molecule has 116 valence electrons. The summed E-state index contributed by atoms with van der Waals surface area (Å²) in [5, 5.41) is 3.05. The van der Waals surface area contributed by atoms with E-state index < -0.39 is 21.5 Å². The van der Waals surface area contributed by atoms with Crippen LogP contribution in [0.5, 0.6) is 0 Å².